The molecule has 2 heterocycles. The molecular formula is C20H26N6O. The van der Waals surface area contributed by atoms with Crippen LogP contribution in [-0.4, -0.2) is 35.5 Å². The Morgan fingerprint density at radius 1 is 1.19 bits per heavy atom. The number of hydrogen-bond acceptors (Lipinski definition) is 5. The molecule has 0 unspecified atom stereocenters. The van der Waals surface area contributed by atoms with Gasteiger partial charge in [0.25, 0.3) is 0 Å². The van der Waals surface area contributed by atoms with E-state index in [9.17, 15) is 5.11 Å². The quantitative estimate of drug-likeness (QED) is 0.700. The minimum absolute atomic E-state index is 0.491. The molecule has 4 rings (SSSR count). The molecule has 1 aliphatic rings. The standard InChI is InChI=1S/C20H26N6O/c1-4-17-16(18(5-2)26(23-17)11-19-21-24-25-22-19)10-13-9-12(3)20(27)15-8-6-7-14(13)15/h9,27H,4-8,10-11H2,1-3H3,(H,21,22,24,25). The van der Waals surface area contributed by atoms with E-state index in [1.807, 2.05) is 11.6 Å². The predicted molar refractivity (Wildman–Crippen MR) is 102 cm³/mol. The highest BCUT2D eigenvalue weighted by atomic mass is 16.3. The number of nitrogens with zero attached hydrogens (tertiary/aromatic N) is 5. The summed E-state index contributed by atoms with van der Waals surface area (Å²) in [5, 5.41) is 29.6. The average molecular weight is 366 g/mol. The summed E-state index contributed by atoms with van der Waals surface area (Å²) in [5.41, 5.74) is 8.47. The first kappa shape index (κ1) is 17.7. The van der Waals surface area contributed by atoms with Crippen LogP contribution in [0.1, 0.15) is 65.3 Å². The summed E-state index contributed by atoms with van der Waals surface area (Å²) in [6.45, 7) is 6.84. The third kappa shape index (κ3) is 3.11. The average Bonchev–Trinajstić information content (AvgIpc) is 3.40. The van der Waals surface area contributed by atoms with Crippen LogP contribution in [0, 0.1) is 6.92 Å². The van der Waals surface area contributed by atoms with E-state index < -0.39 is 0 Å². The van der Waals surface area contributed by atoms with Crippen molar-refractivity contribution in [2.24, 2.45) is 0 Å². The van der Waals surface area contributed by atoms with Crippen LogP contribution in [0.3, 0.4) is 0 Å². The van der Waals surface area contributed by atoms with E-state index in [1.54, 1.807) is 0 Å². The monoisotopic (exact) mass is 366 g/mol. The van der Waals surface area contributed by atoms with Crippen LogP contribution < -0.4 is 0 Å². The van der Waals surface area contributed by atoms with Crippen molar-refractivity contribution >= 4 is 0 Å². The molecule has 0 bridgehead atoms. The Kier molecular flexibility index (Phi) is 4.68. The van der Waals surface area contributed by atoms with E-state index >= 15 is 0 Å². The van der Waals surface area contributed by atoms with Gasteiger partial charge in [0.15, 0.2) is 5.82 Å². The number of hydrogen-bond donors (Lipinski definition) is 2. The van der Waals surface area contributed by atoms with Crippen LogP contribution in [0.5, 0.6) is 5.75 Å². The third-order valence-electron chi connectivity index (χ3n) is 5.62. The number of aromatic nitrogens is 6. The van der Waals surface area contributed by atoms with E-state index in [4.69, 9.17) is 5.10 Å². The summed E-state index contributed by atoms with van der Waals surface area (Å²) in [4.78, 5) is 0. The Bertz CT molecular complexity index is 958. The van der Waals surface area contributed by atoms with Gasteiger partial charge in [-0.05, 0) is 61.3 Å². The molecule has 0 saturated heterocycles. The fourth-order valence-electron chi connectivity index (χ4n) is 4.35. The van der Waals surface area contributed by atoms with Crippen molar-refractivity contribution in [3.63, 3.8) is 0 Å². The number of fused-ring (bicyclic) bond motifs is 1. The Hall–Kier alpha value is -2.70. The van der Waals surface area contributed by atoms with Gasteiger partial charge in [-0.2, -0.15) is 10.3 Å². The maximum atomic E-state index is 10.4. The SMILES string of the molecule is CCc1nn(Cc2nn[nH]n2)c(CC)c1Cc1cc(C)c(O)c2c1CCC2. The third-order valence-corrected chi connectivity index (χ3v) is 5.62. The van der Waals surface area contributed by atoms with Crippen molar-refractivity contribution in [2.75, 3.05) is 0 Å². The molecule has 142 valence electrons. The van der Waals surface area contributed by atoms with Gasteiger partial charge in [-0.3, -0.25) is 4.68 Å². The highest BCUT2D eigenvalue weighted by Gasteiger charge is 2.23. The molecule has 0 fully saturated rings. The number of tetrazole rings is 1. The van der Waals surface area contributed by atoms with Gasteiger partial charge >= 0.3 is 0 Å². The lowest BCUT2D eigenvalue weighted by molar-refractivity contribution is 0.464. The first-order valence-corrected chi connectivity index (χ1v) is 9.75. The van der Waals surface area contributed by atoms with Crippen LogP contribution in [0.4, 0.5) is 0 Å². The molecule has 0 aliphatic heterocycles. The van der Waals surface area contributed by atoms with Gasteiger partial charge in [-0.25, -0.2) is 0 Å². The first-order valence-electron chi connectivity index (χ1n) is 9.75. The van der Waals surface area contributed by atoms with Crippen molar-refractivity contribution in [2.45, 2.75) is 65.8 Å². The fourth-order valence-corrected chi connectivity index (χ4v) is 4.35. The Morgan fingerprint density at radius 3 is 2.70 bits per heavy atom. The van der Waals surface area contributed by atoms with Gasteiger partial charge < -0.3 is 5.11 Å². The number of aromatic amines is 1. The van der Waals surface area contributed by atoms with Gasteiger partial charge in [-0.15, -0.1) is 10.2 Å². The van der Waals surface area contributed by atoms with Crippen molar-refractivity contribution < 1.29 is 5.11 Å². The topological polar surface area (TPSA) is 92.5 Å². The fraction of sp³-hybridized carbons (Fsp3) is 0.500. The zero-order valence-corrected chi connectivity index (χ0v) is 16.2. The molecule has 0 amide bonds. The molecule has 2 N–H and O–H groups in total. The molecule has 1 aliphatic carbocycles. The molecule has 0 spiro atoms. The van der Waals surface area contributed by atoms with E-state index in [0.717, 1.165) is 55.3 Å². The number of phenols is 1. The smallest absolute Gasteiger partial charge is 0.195 e. The maximum Gasteiger partial charge on any atom is 0.195 e. The van der Waals surface area contributed by atoms with Crippen molar-refractivity contribution in [3.05, 3.63) is 51.1 Å². The summed E-state index contributed by atoms with van der Waals surface area (Å²) in [6, 6.07) is 2.16. The van der Waals surface area contributed by atoms with E-state index in [2.05, 4.69) is 40.5 Å². The highest BCUT2D eigenvalue weighted by Crippen LogP contribution is 2.36. The van der Waals surface area contributed by atoms with E-state index in [0.29, 0.717) is 18.1 Å². The zero-order chi connectivity index (χ0) is 19.0. The van der Waals surface area contributed by atoms with Crippen LogP contribution in [-0.2, 0) is 38.6 Å². The normalized spacial score (nSPS) is 13.3. The van der Waals surface area contributed by atoms with Crippen molar-refractivity contribution in [1.82, 2.24) is 30.4 Å². The second-order valence-corrected chi connectivity index (χ2v) is 7.25. The molecular weight excluding hydrogens is 340 g/mol. The second kappa shape index (κ2) is 7.13. The lowest BCUT2D eigenvalue weighted by Crippen LogP contribution is -2.08. The van der Waals surface area contributed by atoms with Gasteiger partial charge in [-0.1, -0.05) is 25.1 Å². The summed E-state index contributed by atoms with van der Waals surface area (Å²) in [5.74, 6) is 1.13. The minimum atomic E-state index is 0.491. The summed E-state index contributed by atoms with van der Waals surface area (Å²) >= 11 is 0. The van der Waals surface area contributed by atoms with Crippen molar-refractivity contribution in [1.29, 1.82) is 0 Å². The molecule has 27 heavy (non-hydrogen) atoms. The Balaban J connectivity index is 1.75. The van der Waals surface area contributed by atoms with Gasteiger partial charge in [0.2, 0.25) is 0 Å². The minimum Gasteiger partial charge on any atom is -0.507 e. The highest BCUT2D eigenvalue weighted by molar-refractivity contribution is 5.53. The molecule has 0 atom stereocenters. The van der Waals surface area contributed by atoms with Gasteiger partial charge in [0, 0.05) is 17.7 Å². The molecule has 7 heteroatoms. The largest absolute Gasteiger partial charge is 0.507 e. The molecule has 0 radical (unpaired) electrons. The summed E-state index contributed by atoms with van der Waals surface area (Å²) in [6.07, 6.45) is 5.81. The lowest BCUT2D eigenvalue weighted by atomic mass is 9.92. The first-order chi connectivity index (χ1) is 13.1. The number of aromatic hydroxyl groups is 1. The number of phenolic OH excluding ortho intramolecular Hbond substituents is 1. The maximum absolute atomic E-state index is 10.4. The summed E-state index contributed by atoms with van der Waals surface area (Å²) < 4.78 is 2.02. The molecule has 3 aromatic rings. The number of rotatable bonds is 6. The molecule has 1 aromatic carbocycles. The lowest BCUT2D eigenvalue weighted by Gasteiger charge is -2.14. The van der Waals surface area contributed by atoms with Crippen LogP contribution in [0.2, 0.25) is 0 Å². The summed E-state index contributed by atoms with van der Waals surface area (Å²) in [7, 11) is 0. The van der Waals surface area contributed by atoms with Crippen molar-refractivity contribution in [3.8, 4) is 5.75 Å². The Morgan fingerprint density at radius 2 is 2.00 bits per heavy atom. The van der Waals surface area contributed by atoms with Crippen LogP contribution in [0.15, 0.2) is 6.07 Å². The molecule has 2 aromatic heterocycles. The number of aryl methyl sites for hydroxylation is 2. The predicted octanol–water partition coefficient (Wildman–Crippen LogP) is 2.66. The molecule has 0 saturated carbocycles. The number of benzene rings is 1. The molecule has 7 nitrogen and oxygen atoms in total. The van der Waals surface area contributed by atoms with Gasteiger partial charge in [0.05, 0.1) is 5.69 Å². The Labute approximate surface area is 158 Å². The van der Waals surface area contributed by atoms with E-state index in [1.165, 1.54) is 22.4 Å². The van der Waals surface area contributed by atoms with Crippen LogP contribution >= 0.6 is 0 Å². The van der Waals surface area contributed by atoms with E-state index in [-0.39, 0.29) is 0 Å². The number of H-pyrrole nitrogens is 1. The number of nitrogens with one attached hydrogen (secondary N) is 1. The zero-order valence-electron chi connectivity index (χ0n) is 16.2. The van der Waals surface area contributed by atoms with Gasteiger partial charge in [0.1, 0.15) is 12.3 Å². The van der Waals surface area contributed by atoms with Crippen LogP contribution in [0.25, 0.3) is 0 Å². The second-order valence-electron chi connectivity index (χ2n) is 7.25.